The molecule has 0 saturated carbocycles. The van der Waals surface area contributed by atoms with Gasteiger partial charge in [-0.3, -0.25) is 9.12 Å². The lowest BCUT2D eigenvalue weighted by molar-refractivity contribution is 0.596. The topological polar surface area (TPSA) is 76.4 Å². The van der Waals surface area contributed by atoms with Gasteiger partial charge in [-0.25, -0.2) is 9.97 Å². The summed E-state index contributed by atoms with van der Waals surface area (Å²) in [6.07, 6.45) is 3.09. The van der Waals surface area contributed by atoms with Crippen molar-refractivity contribution in [3.8, 4) is 0 Å². The summed E-state index contributed by atoms with van der Waals surface area (Å²) in [5.74, 6) is 0. The van der Waals surface area contributed by atoms with Crippen LogP contribution in [0.2, 0.25) is 10.3 Å². The van der Waals surface area contributed by atoms with Gasteiger partial charge < -0.3 is 0 Å². The highest BCUT2D eigenvalue weighted by Gasteiger charge is 2.26. The Bertz CT molecular complexity index is 913. The zero-order valence-electron chi connectivity index (χ0n) is 10.5. The molecule has 21 heavy (non-hydrogen) atoms. The first-order chi connectivity index (χ1) is 9.90. The molecule has 0 aliphatic heterocycles. The largest absolute Gasteiger partial charge is 0.281 e. The fourth-order valence-electron chi connectivity index (χ4n) is 1.81. The molecule has 0 radical (unpaired) electrons. The molecule has 0 unspecified atom stereocenters. The molecule has 0 saturated heterocycles. The predicted octanol–water partition coefficient (Wildman–Crippen LogP) is 3.21. The highest BCUT2D eigenvalue weighted by molar-refractivity contribution is 7.92. The van der Waals surface area contributed by atoms with Crippen molar-refractivity contribution in [1.82, 2.24) is 14.4 Å². The fourth-order valence-corrected chi connectivity index (χ4v) is 4.71. The molecule has 0 aliphatic rings. The number of pyridine rings is 1. The van der Waals surface area contributed by atoms with Crippen LogP contribution in [0.5, 0.6) is 0 Å². The van der Waals surface area contributed by atoms with Crippen molar-refractivity contribution in [2.75, 3.05) is 4.72 Å². The molecule has 3 rings (SSSR count). The zero-order valence-corrected chi connectivity index (χ0v) is 13.7. The first-order valence-corrected chi connectivity index (χ1v) is 8.77. The SMILES string of the molecule is Cc1ccnc(Cl)c1NS(=O)(=O)c1c(Cl)nc2sccn12. The number of thiazole rings is 1. The molecular formula is C11H8Cl2N4O2S2. The Hall–Kier alpha value is -1.35. The predicted molar refractivity (Wildman–Crippen MR) is 82.9 cm³/mol. The third-order valence-corrected chi connectivity index (χ3v) is 5.57. The number of nitrogens with zero attached hydrogens (tertiary/aromatic N) is 3. The van der Waals surface area contributed by atoms with E-state index in [1.165, 1.54) is 21.9 Å². The van der Waals surface area contributed by atoms with Gasteiger partial charge in [0.1, 0.15) is 0 Å². The minimum atomic E-state index is -3.94. The summed E-state index contributed by atoms with van der Waals surface area (Å²) in [4.78, 5) is 8.37. The van der Waals surface area contributed by atoms with E-state index in [1.807, 2.05) is 0 Å². The number of aromatic nitrogens is 3. The number of aryl methyl sites for hydroxylation is 1. The molecule has 3 heterocycles. The number of hydrogen-bond acceptors (Lipinski definition) is 5. The van der Waals surface area contributed by atoms with Crippen molar-refractivity contribution < 1.29 is 8.42 Å². The number of fused-ring (bicyclic) bond motifs is 1. The summed E-state index contributed by atoms with van der Waals surface area (Å²) < 4.78 is 29.0. The van der Waals surface area contributed by atoms with E-state index in [2.05, 4.69) is 14.7 Å². The van der Waals surface area contributed by atoms with Crippen LogP contribution in [0, 0.1) is 6.92 Å². The van der Waals surface area contributed by atoms with Crippen LogP contribution < -0.4 is 4.72 Å². The molecule has 0 aliphatic carbocycles. The van der Waals surface area contributed by atoms with Crippen molar-refractivity contribution >= 4 is 55.2 Å². The average molecular weight is 363 g/mol. The maximum absolute atomic E-state index is 12.6. The van der Waals surface area contributed by atoms with E-state index in [0.717, 1.165) is 0 Å². The lowest BCUT2D eigenvalue weighted by Gasteiger charge is -2.11. The zero-order chi connectivity index (χ0) is 15.2. The van der Waals surface area contributed by atoms with Crippen molar-refractivity contribution in [3.05, 3.63) is 39.7 Å². The highest BCUT2D eigenvalue weighted by Crippen LogP contribution is 2.30. The van der Waals surface area contributed by atoms with Crippen LogP contribution in [0.3, 0.4) is 0 Å². The van der Waals surface area contributed by atoms with Gasteiger partial charge in [0.05, 0.1) is 5.69 Å². The smallest absolute Gasteiger partial charge is 0.278 e. The number of anilines is 1. The molecule has 110 valence electrons. The Morgan fingerprint density at radius 3 is 2.81 bits per heavy atom. The Labute approximate surface area is 134 Å². The van der Waals surface area contributed by atoms with Gasteiger partial charge in [0.2, 0.25) is 0 Å². The van der Waals surface area contributed by atoms with E-state index in [1.54, 1.807) is 24.6 Å². The first kappa shape index (κ1) is 14.6. The molecule has 3 aromatic rings. The lowest BCUT2D eigenvalue weighted by Crippen LogP contribution is -2.16. The van der Waals surface area contributed by atoms with Gasteiger partial charge in [-0.05, 0) is 18.6 Å². The summed E-state index contributed by atoms with van der Waals surface area (Å²) in [7, 11) is -3.94. The van der Waals surface area contributed by atoms with Crippen molar-refractivity contribution in [3.63, 3.8) is 0 Å². The quantitative estimate of drug-likeness (QED) is 0.725. The van der Waals surface area contributed by atoms with Gasteiger partial charge in [-0.1, -0.05) is 23.2 Å². The van der Waals surface area contributed by atoms with E-state index < -0.39 is 10.0 Å². The molecule has 0 fully saturated rings. The Morgan fingerprint density at radius 1 is 1.33 bits per heavy atom. The van der Waals surface area contributed by atoms with E-state index in [4.69, 9.17) is 23.2 Å². The number of halogens is 2. The third-order valence-electron chi connectivity index (χ3n) is 2.78. The second-order valence-corrected chi connectivity index (χ2v) is 7.35. The van der Waals surface area contributed by atoms with Gasteiger partial charge in [0.15, 0.2) is 20.3 Å². The van der Waals surface area contributed by atoms with Crippen molar-refractivity contribution in [2.24, 2.45) is 0 Å². The molecule has 0 bridgehead atoms. The van der Waals surface area contributed by atoms with Gasteiger partial charge in [-0.2, -0.15) is 8.42 Å². The van der Waals surface area contributed by atoms with Crippen molar-refractivity contribution in [1.29, 1.82) is 0 Å². The van der Waals surface area contributed by atoms with Crippen LogP contribution in [-0.4, -0.2) is 22.8 Å². The molecule has 0 aromatic carbocycles. The summed E-state index contributed by atoms with van der Waals surface area (Å²) in [6, 6.07) is 1.65. The van der Waals surface area contributed by atoms with Crippen LogP contribution in [-0.2, 0) is 10.0 Å². The number of rotatable bonds is 3. The van der Waals surface area contributed by atoms with Gasteiger partial charge >= 0.3 is 0 Å². The number of imidazole rings is 1. The van der Waals surface area contributed by atoms with Crippen LogP contribution in [0.25, 0.3) is 4.96 Å². The van der Waals surface area contributed by atoms with Crippen LogP contribution in [0.4, 0.5) is 5.69 Å². The third kappa shape index (κ3) is 2.48. The molecule has 1 N–H and O–H groups in total. The minimum absolute atomic E-state index is 0.0702. The van der Waals surface area contributed by atoms with Gasteiger partial charge in [0, 0.05) is 17.8 Å². The minimum Gasteiger partial charge on any atom is -0.278 e. The average Bonchev–Trinajstić information content (AvgIpc) is 2.93. The normalized spacial score (nSPS) is 12.0. The fraction of sp³-hybridized carbons (Fsp3) is 0.0909. The second-order valence-electron chi connectivity index (χ2n) is 4.16. The molecule has 0 atom stereocenters. The summed E-state index contributed by atoms with van der Waals surface area (Å²) in [6.45, 7) is 1.73. The van der Waals surface area contributed by atoms with Gasteiger partial charge in [0.25, 0.3) is 10.0 Å². The molecule has 0 amide bonds. The standard InChI is InChI=1S/C11H8Cl2N4O2S2/c1-6-2-3-14-8(12)7(6)16-21(18,19)10-9(13)15-11-17(10)4-5-20-11/h2-5,16H,1H3. The molecular weight excluding hydrogens is 355 g/mol. The highest BCUT2D eigenvalue weighted by atomic mass is 35.5. The number of sulfonamides is 1. The van der Waals surface area contributed by atoms with Crippen molar-refractivity contribution in [2.45, 2.75) is 11.9 Å². The lowest BCUT2D eigenvalue weighted by atomic mass is 10.3. The van der Waals surface area contributed by atoms with Crippen LogP contribution >= 0.6 is 34.5 Å². The second kappa shape index (κ2) is 5.13. The molecule has 10 heteroatoms. The number of nitrogens with one attached hydrogen (secondary N) is 1. The summed E-state index contributed by atoms with van der Waals surface area (Å²) >= 11 is 13.2. The van der Waals surface area contributed by atoms with Gasteiger partial charge in [-0.15, -0.1) is 11.3 Å². The van der Waals surface area contributed by atoms with Crippen LogP contribution in [0.15, 0.2) is 28.9 Å². The van der Waals surface area contributed by atoms with Crippen LogP contribution in [0.1, 0.15) is 5.56 Å². The summed E-state index contributed by atoms with van der Waals surface area (Å²) in [5, 5.41) is 1.58. The maximum atomic E-state index is 12.6. The molecule has 0 spiro atoms. The first-order valence-electron chi connectivity index (χ1n) is 5.65. The Morgan fingerprint density at radius 2 is 2.10 bits per heavy atom. The summed E-state index contributed by atoms with van der Waals surface area (Å²) in [5.41, 5.74) is 0.876. The van der Waals surface area contributed by atoms with E-state index in [0.29, 0.717) is 10.5 Å². The Kier molecular flexibility index (Phi) is 3.56. The molecule has 3 aromatic heterocycles. The van der Waals surface area contributed by atoms with E-state index in [9.17, 15) is 8.42 Å². The van der Waals surface area contributed by atoms with E-state index >= 15 is 0 Å². The Balaban J connectivity index is 2.13. The van der Waals surface area contributed by atoms with E-state index in [-0.39, 0.29) is 21.0 Å². The monoisotopic (exact) mass is 362 g/mol. The number of hydrogen-bond donors (Lipinski definition) is 1. The molecule has 6 nitrogen and oxygen atoms in total. The maximum Gasteiger partial charge on any atom is 0.281 e.